The third kappa shape index (κ3) is 3.58. The molecule has 1 aliphatic rings. The molecule has 0 bridgehead atoms. The molecule has 17 heavy (non-hydrogen) atoms. The van der Waals surface area contributed by atoms with Crippen molar-refractivity contribution in [3.63, 3.8) is 0 Å². The van der Waals surface area contributed by atoms with Crippen LogP contribution in [-0.2, 0) is 4.74 Å². The lowest BCUT2D eigenvalue weighted by Gasteiger charge is -2.30. The summed E-state index contributed by atoms with van der Waals surface area (Å²) >= 11 is 5.93. The summed E-state index contributed by atoms with van der Waals surface area (Å²) in [5.74, 6) is 0. The van der Waals surface area contributed by atoms with Crippen LogP contribution in [0.1, 0.15) is 11.6 Å². The fourth-order valence-electron chi connectivity index (χ4n) is 1.88. The molecule has 0 radical (unpaired) electrons. The summed E-state index contributed by atoms with van der Waals surface area (Å²) in [6.45, 7) is 2.98. The number of benzene rings is 1. The Kier molecular flexibility index (Phi) is 5.73. The van der Waals surface area contributed by atoms with Gasteiger partial charge in [0, 0.05) is 18.1 Å². The lowest BCUT2D eigenvalue weighted by molar-refractivity contribution is 0.0266. The minimum absolute atomic E-state index is 0. The van der Waals surface area contributed by atoms with E-state index < -0.39 is 0 Å². The number of hydrogen-bond acceptors (Lipinski definition) is 3. The van der Waals surface area contributed by atoms with E-state index in [-0.39, 0.29) is 18.4 Å². The molecule has 0 N–H and O–H groups in total. The highest BCUT2D eigenvalue weighted by molar-refractivity contribution is 6.30. The van der Waals surface area contributed by atoms with Crippen LogP contribution in [0.4, 0.5) is 0 Å². The maximum atomic E-state index is 9.25. The van der Waals surface area contributed by atoms with Gasteiger partial charge in [0.25, 0.3) is 0 Å². The van der Waals surface area contributed by atoms with Gasteiger partial charge in [-0.05, 0) is 17.7 Å². The van der Waals surface area contributed by atoms with Crippen molar-refractivity contribution < 1.29 is 4.74 Å². The van der Waals surface area contributed by atoms with E-state index in [1.165, 1.54) is 0 Å². The Bertz CT molecular complexity index is 400. The Labute approximate surface area is 112 Å². The van der Waals surface area contributed by atoms with Gasteiger partial charge in [0.05, 0.1) is 19.3 Å². The number of rotatable bonds is 2. The lowest BCUT2D eigenvalue weighted by atomic mass is 10.1. The molecule has 1 aliphatic heterocycles. The van der Waals surface area contributed by atoms with Crippen LogP contribution in [0, 0.1) is 11.3 Å². The molecule has 0 saturated carbocycles. The topological polar surface area (TPSA) is 36.3 Å². The predicted molar refractivity (Wildman–Crippen MR) is 69.4 cm³/mol. The van der Waals surface area contributed by atoms with Gasteiger partial charge in [-0.15, -0.1) is 12.4 Å². The zero-order valence-electron chi connectivity index (χ0n) is 9.30. The van der Waals surface area contributed by atoms with Crippen molar-refractivity contribution in [2.45, 2.75) is 6.04 Å². The number of hydrogen-bond donors (Lipinski definition) is 0. The van der Waals surface area contributed by atoms with Crippen LogP contribution in [0.15, 0.2) is 24.3 Å². The van der Waals surface area contributed by atoms with Crippen LogP contribution in [0.3, 0.4) is 0 Å². The molecule has 1 saturated heterocycles. The lowest BCUT2D eigenvalue weighted by Crippen LogP contribution is -2.38. The molecule has 0 spiro atoms. The van der Waals surface area contributed by atoms with Gasteiger partial charge in [-0.25, -0.2) is 0 Å². The van der Waals surface area contributed by atoms with E-state index >= 15 is 0 Å². The Morgan fingerprint density at radius 2 is 2.06 bits per heavy atom. The van der Waals surface area contributed by atoms with Crippen LogP contribution in [0.25, 0.3) is 0 Å². The van der Waals surface area contributed by atoms with Crippen molar-refractivity contribution in [3.05, 3.63) is 34.9 Å². The van der Waals surface area contributed by atoms with E-state index in [9.17, 15) is 5.26 Å². The van der Waals surface area contributed by atoms with Gasteiger partial charge in [-0.2, -0.15) is 5.26 Å². The first-order chi connectivity index (χ1) is 7.81. The highest BCUT2D eigenvalue weighted by Crippen LogP contribution is 2.23. The molecule has 92 valence electrons. The molecule has 1 aromatic carbocycles. The largest absolute Gasteiger partial charge is 0.379 e. The standard InChI is InChI=1S/C12H13ClN2O.ClH/c13-11-3-1-2-10(8-11)12(9-14)15-4-6-16-7-5-15;/h1-3,8,12H,4-7H2;1H. The first kappa shape index (κ1) is 14.3. The van der Waals surface area contributed by atoms with Crippen LogP contribution >= 0.6 is 24.0 Å². The summed E-state index contributed by atoms with van der Waals surface area (Å²) in [5.41, 5.74) is 0.955. The van der Waals surface area contributed by atoms with E-state index in [4.69, 9.17) is 16.3 Å². The highest BCUT2D eigenvalue weighted by Gasteiger charge is 2.22. The number of morpholine rings is 1. The molecule has 1 aromatic rings. The summed E-state index contributed by atoms with van der Waals surface area (Å²) in [5, 5.41) is 9.92. The zero-order chi connectivity index (χ0) is 11.4. The number of ether oxygens (including phenoxy) is 1. The summed E-state index contributed by atoms with van der Waals surface area (Å²) < 4.78 is 5.28. The van der Waals surface area contributed by atoms with Gasteiger partial charge in [0.2, 0.25) is 0 Å². The van der Waals surface area contributed by atoms with Crippen LogP contribution in [0.5, 0.6) is 0 Å². The summed E-state index contributed by atoms with van der Waals surface area (Å²) in [7, 11) is 0. The molecule has 0 amide bonds. The van der Waals surface area contributed by atoms with Gasteiger partial charge in [-0.1, -0.05) is 23.7 Å². The Morgan fingerprint density at radius 1 is 1.35 bits per heavy atom. The molecule has 2 rings (SSSR count). The van der Waals surface area contributed by atoms with Crippen molar-refractivity contribution in [3.8, 4) is 6.07 Å². The van der Waals surface area contributed by atoms with Gasteiger partial charge in [-0.3, -0.25) is 4.90 Å². The summed E-state index contributed by atoms with van der Waals surface area (Å²) in [6.07, 6.45) is 0. The highest BCUT2D eigenvalue weighted by atomic mass is 35.5. The third-order valence-corrected chi connectivity index (χ3v) is 2.93. The second-order valence-corrected chi connectivity index (χ2v) is 4.17. The van der Waals surface area contributed by atoms with Gasteiger partial charge in [0.15, 0.2) is 0 Å². The second kappa shape index (κ2) is 6.83. The Balaban J connectivity index is 0.00000144. The number of nitriles is 1. The van der Waals surface area contributed by atoms with E-state index in [0.717, 1.165) is 18.7 Å². The first-order valence-corrected chi connectivity index (χ1v) is 5.66. The van der Waals surface area contributed by atoms with Crippen molar-refractivity contribution in [2.24, 2.45) is 0 Å². The van der Waals surface area contributed by atoms with E-state index in [2.05, 4.69) is 11.0 Å². The van der Waals surface area contributed by atoms with Crippen LogP contribution < -0.4 is 0 Å². The SMILES string of the molecule is Cl.N#CC(c1cccc(Cl)c1)N1CCOCC1. The van der Waals surface area contributed by atoms with Crippen molar-refractivity contribution in [1.82, 2.24) is 4.90 Å². The molecular formula is C12H14Cl2N2O. The molecule has 5 heteroatoms. The van der Waals surface area contributed by atoms with Crippen molar-refractivity contribution >= 4 is 24.0 Å². The smallest absolute Gasteiger partial charge is 0.124 e. The Hall–Kier alpha value is -0.790. The fourth-order valence-corrected chi connectivity index (χ4v) is 2.08. The molecule has 0 aliphatic carbocycles. The molecular weight excluding hydrogens is 259 g/mol. The van der Waals surface area contributed by atoms with Crippen LogP contribution in [-0.4, -0.2) is 31.2 Å². The van der Waals surface area contributed by atoms with E-state index in [0.29, 0.717) is 18.2 Å². The normalized spacial score (nSPS) is 17.9. The molecule has 1 heterocycles. The minimum Gasteiger partial charge on any atom is -0.379 e. The van der Waals surface area contributed by atoms with Gasteiger partial charge < -0.3 is 4.74 Å². The summed E-state index contributed by atoms with van der Waals surface area (Å²) in [6, 6.07) is 9.59. The second-order valence-electron chi connectivity index (χ2n) is 3.73. The van der Waals surface area contributed by atoms with Gasteiger partial charge in [0.1, 0.15) is 6.04 Å². The van der Waals surface area contributed by atoms with Crippen molar-refractivity contribution in [2.75, 3.05) is 26.3 Å². The minimum atomic E-state index is -0.220. The van der Waals surface area contributed by atoms with Gasteiger partial charge >= 0.3 is 0 Å². The Morgan fingerprint density at radius 3 is 2.65 bits per heavy atom. The number of nitrogens with zero attached hydrogens (tertiary/aromatic N) is 2. The molecule has 1 fully saturated rings. The molecule has 3 nitrogen and oxygen atoms in total. The average Bonchev–Trinajstić information content (AvgIpc) is 2.31. The van der Waals surface area contributed by atoms with Crippen LogP contribution in [0.2, 0.25) is 5.02 Å². The average molecular weight is 273 g/mol. The van der Waals surface area contributed by atoms with Crippen molar-refractivity contribution in [1.29, 1.82) is 5.26 Å². The third-order valence-electron chi connectivity index (χ3n) is 2.70. The quantitative estimate of drug-likeness (QED) is 0.831. The van der Waals surface area contributed by atoms with E-state index in [1.54, 1.807) is 0 Å². The molecule has 1 atom stereocenters. The summed E-state index contributed by atoms with van der Waals surface area (Å²) in [4.78, 5) is 2.12. The predicted octanol–water partition coefficient (Wildman–Crippen LogP) is 2.66. The number of halogens is 2. The monoisotopic (exact) mass is 272 g/mol. The van der Waals surface area contributed by atoms with E-state index in [1.807, 2.05) is 24.3 Å². The maximum Gasteiger partial charge on any atom is 0.124 e. The maximum absolute atomic E-state index is 9.25. The zero-order valence-corrected chi connectivity index (χ0v) is 10.9. The molecule has 0 aromatic heterocycles. The first-order valence-electron chi connectivity index (χ1n) is 5.28. The fraction of sp³-hybridized carbons (Fsp3) is 0.417. The molecule has 1 unspecified atom stereocenters.